The summed E-state index contributed by atoms with van der Waals surface area (Å²) < 4.78 is 2.22. The van der Waals surface area contributed by atoms with Gasteiger partial charge in [-0.3, -0.25) is 4.57 Å². The van der Waals surface area contributed by atoms with E-state index >= 15 is 0 Å². The van der Waals surface area contributed by atoms with Gasteiger partial charge in [0, 0.05) is 33.8 Å². The van der Waals surface area contributed by atoms with Gasteiger partial charge in [-0.15, -0.1) is 0 Å². The summed E-state index contributed by atoms with van der Waals surface area (Å²) in [5.41, 5.74) is 6.11. The number of nitrogens with zero attached hydrogens (tertiary/aromatic N) is 4. The van der Waals surface area contributed by atoms with Crippen LogP contribution in [0.5, 0.6) is 0 Å². The first-order chi connectivity index (χ1) is 21.3. The topological polar surface area (TPSA) is 43.6 Å². The van der Waals surface area contributed by atoms with Crippen molar-refractivity contribution in [1.82, 2.24) is 19.5 Å². The van der Waals surface area contributed by atoms with Crippen molar-refractivity contribution in [3.8, 4) is 28.5 Å². The SMILES string of the molecule is c1ccc(-n2c(-c3ccc(-c4ncc5c6ccccc6c6cc7ccccc7cc6c5n4)cc3)nc3ccccc32)cc1. The van der Waals surface area contributed by atoms with Gasteiger partial charge in [-0.25, -0.2) is 15.0 Å². The van der Waals surface area contributed by atoms with Crippen molar-refractivity contribution in [3.05, 3.63) is 146 Å². The zero-order valence-electron chi connectivity index (χ0n) is 23.1. The van der Waals surface area contributed by atoms with Crippen LogP contribution < -0.4 is 0 Å². The van der Waals surface area contributed by atoms with Crippen molar-refractivity contribution in [2.24, 2.45) is 0 Å². The molecule has 0 aliphatic heterocycles. The molecule has 9 aromatic rings. The maximum Gasteiger partial charge on any atom is 0.159 e. The van der Waals surface area contributed by atoms with Gasteiger partial charge in [0.15, 0.2) is 5.82 Å². The number of para-hydroxylation sites is 3. The van der Waals surface area contributed by atoms with Crippen molar-refractivity contribution in [2.45, 2.75) is 0 Å². The second-order valence-corrected chi connectivity index (χ2v) is 10.9. The minimum atomic E-state index is 0.709. The van der Waals surface area contributed by atoms with E-state index in [9.17, 15) is 0 Å². The van der Waals surface area contributed by atoms with Gasteiger partial charge in [-0.2, -0.15) is 0 Å². The van der Waals surface area contributed by atoms with E-state index in [4.69, 9.17) is 15.0 Å². The molecule has 0 amide bonds. The molecule has 4 nitrogen and oxygen atoms in total. The minimum absolute atomic E-state index is 0.709. The van der Waals surface area contributed by atoms with Crippen molar-refractivity contribution >= 4 is 54.3 Å². The van der Waals surface area contributed by atoms with Crippen LogP contribution in [-0.4, -0.2) is 19.5 Å². The largest absolute Gasteiger partial charge is 0.292 e. The van der Waals surface area contributed by atoms with Crippen LogP contribution in [0.1, 0.15) is 0 Å². The number of rotatable bonds is 3. The molecule has 0 saturated heterocycles. The molecule has 7 aromatic carbocycles. The third-order valence-corrected chi connectivity index (χ3v) is 8.41. The molecule has 4 heteroatoms. The maximum atomic E-state index is 5.20. The molecule has 0 unspecified atom stereocenters. The molecule has 9 rings (SSSR count). The highest BCUT2D eigenvalue weighted by Gasteiger charge is 2.16. The summed E-state index contributed by atoms with van der Waals surface area (Å²) in [7, 11) is 0. The molecule has 0 bridgehead atoms. The Morgan fingerprint density at radius 2 is 1.09 bits per heavy atom. The standard InChI is InChI=1S/C39H24N4/c1-2-12-29(13-3-1)43-36-17-9-8-16-35(36)41-39(43)26-20-18-25(19-21-26)38-40-24-34-31-15-7-6-14-30(31)32-22-27-10-4-5-11-28(27)23-33(32)37(34)42-38/h1-24H. The number of benzene rings is 7. The van der Waals surface area contributed by atoms with Gasteiger partial charge < -0.3 is 0 Å². The van der Waals surface area contributed by atoms with Crippen LogP contribution in [-0.2, 0) is 0 Å². The number of aromatic nitrogens is 4. The molecule has 2 aromatic heterocycles. The fourth-order valence-electron chi connectivity index (χ4n) is 6.36. The Balaban J connectivity index is 1.22. The normalized spacial score (nSPS) is 11.7. The second-order valence-electron chi connectivity index (χ2n) is 10.9. The highest BCUT2D eigenvalue weighted by molar-refractivity contribution is 6.26. The number of hydrogen-bond acceptors (Lipinski definition) is 3. The Bertz CT molecular complexity index is 2490. The summed E-state index contributed by atoms with van der Waals surface area (Å²) in [6.45, 7) is 0. The molecule has 0 N–H and O–H groups in total. The smallest absolute Gasteiger partial charge is 0.159 e. The first kappa shape index (κ1) is 23.8. The lowest BCUT2D eigenvalue weighted by molar-refractivity contribution is 1.10. The molecular weight excluding hydrogens is 524 g/mol. The fourth-order valence-corrected chi connectivity index (χ4v) is 6.36. The Hall–Kier alpha value is -5.87. The van der Waals surface area contributed by atoms with Crippen molar-refractivity contribution in [1.29, 1.82) is 0 Å². The van der Waals surface area contributed by atoms with Gasteiger partial charge in [0.25, 0.3) is 0 Å². The van der Waals surface area contributed by atoms with Gasteiger partial charge >= 0.3 is 0 Å². The first-order valence-corrected chi connectivity index (χ1v) is 14.5. The maximum absolute atomic E-state index is 5.20. The highest BCUT2D eigenvalue weighted by Crippen LogP contribution is 2.37. The average molecular weight is 549 g/mol. The molecule has 43 heavy (non-hydrogen) atoms. The van der Waals surface area contributed by atoms with Crippen molar-refractivity contribution in [3.63, 3.8) is 0 Å². The van der Waals surface area contributed by atoms with E-state index in [1.807, 2.05) is 18.3 Å². The number of hydrogen-bond donors (Lipinski definition) is 0. The Morgan fingerprint density at radius 1 is 0.465 bits per heavy atom. The molecule has 0 saturated carbocycles. The molecular formula is C39H24N4. The van der Waals surface area contributed by atoms with Crippen LogP contribution >= 0.6 is 0 Å². The third kappa shape index (κ3) is 3.74. The zero-order valence-corrected chi connectivity index (χ0v) is 23.1. The van der Waals surface area contributed by atoms with Gasteiger partial charge in [0.2, 0.25) is 0 Å². The lowest BCUT2D eigenvalue weighted by Gasteiger charge is -2.12. The van der Waals surface area contributed by atoms with Crippen molar-refractivity contribution in [2.75, 3.05) is 0 Å². The van der Waals surface area contributed by atoms with E-state index in [1.54, 1.807) is 0 Å². The third-order valence-electron chi connectivity index (χ3n) is 8.41. The van der Waals surface area contributed by atoms with E-state index in [1.165, 1.54) is 26.9 Å². The molecule has 2 heterocycles. The molecule has 0 atom stereocenters. The predicted molar refractivity (Wildman–Crippen MR) is 178 cm³/mol. The van der Waals surface area contributed by atoms with E-state index in [0.717, 1.165) is 50.0 Å². The molecule has 0 spiro atoms. The zero-order chi connectivity index (χ0) is 28.3. The summed E-state index contributed by atoms with van der Waals surface area (Å²) in [5.74, 6) is 1.61. The molecule has 200 valence electrons. The molecule has 0 fully saturated rings. The van der Waals surface area contributed by atoms with Gasteiger partial charge in [-0.05, 0) is 63.3 Å². The quantitative estimate of drug-likeness (QED) is 0.163. The first-order valence-electron chi connectivity index (χ1n) is 14.5. The van der Waals surface area contributed by atoms with E-state index in [0.29, 0.717) is 5.82 Å². The monoisotopic (exact) mass is 548 g/mol. The Labute approximate surface area is 247 Å². The van der Waals surface area contributed by atoms with Gasteiger partial charge in [0.1, 0.15) is 5.82 Å². The number of fused-ring (bicyclic) bond motifs is 8. The van der Waals surface area contributed by atoms with Gasteiger partial charge in [0.05, 0.1) is 16.6 Å². The van der Waals surface area contributed by atoms with Crippen LogP contribution in [0.25, 0.3) is 82.7 Å². The van der Waals surface area contributed by atoms with Crippen LogP contribution in [0.15, 0.2) is 146 Å². The lowest BCUT2D eigenvalue weighted by Crippen LogP contribution is -1.97. The fraction of sp³-hybridized carbons (Fsp3) is 0. The van der Waals surface area contributed by atoms with Gasteiger partial charge in [-0.1, -0.05) is 103 Å². The average Bonchev–Trinajstić information content (AvgIpc) is 3.48. The summed E-state index contributed by atoms with van der Waals surface area (Å²) in [6, 6.07) is 48.7. The summed E-state index contributed by atoms with van der Waals surface area (Å²) >= 11 is 0. The lowest BCUT2D eigenvalue weighted by atomic mass is 9.95. The number of imidazole rings is 1. The second kappa shape index (κ2) is 9.33. The summed E-state index contributed by atoms with van der Waals surface area (Å²) in [6.07, 6.45) is 1.98. The van der Waals surface area contributed by atoms with Crippen LogP contribution in [0.4, 0.5) is 0 Å². The Morgan fingerprint density at radius 3 is 1.88 bits per heavy atom. The Kier molecular flexibility index (Phi) is 5.16. The predicted octanol–water partition coefficient (Wildman–Crippen LogP) is 9.76. The van der Waals surface area contributed by atoms with Crippen LogP contribution in [0.3, 0.4) is 0 Å². The summed E-state index contributed by atoms with van der Waals surface area (Å²) in [4.78, 5) is 15.1. The summed E-state index contributed by atoms with van der Waals surface area (Å²) in [5, 5.41) is 8.24. The molecule has 0 aliphatic rings. The van der Waals surface area contributed by atoms with Crippen LogP contribution in [0.2, 0.25) is 0 Å². The highest BCUT2D eigenvalue weighted by atomic mass is 15.1. The van der Waals surface area contributed by atoms with Crippen molar-refractivity contribution < 1.29 is 0 Å². The molecule has 0 radical (unpaired) electrons. The van der Waals surface area contributed by atoms with E-state index in [-0.39, 0.29) is 0 Å². The van der Waals surface area contributed by atoms with Crippen LogP contribution in [0, 0.1) is 0 Å². The van der Waals surface area contributed by atoms with E-state index < -0.39 is 0 Å². The molecule has 0 aliphatic carbocycles. The van der Waals surface area contributed by atoms with E-state index in [2.05, 4.69) is 132 Å². The minimum Gasteiger partial charge on any atom is -0.292 e.